The number of benzene rings is 1. The largest absolute Gasteiger partial charge is 0.496 e. The monoisotopic (exact) mass is 380 g/mol. The number of morpholine rings is 1. The predicted octanol–water partition coefficient (Wildman–Crippen LogP) is 2.18. The van der Waals surface area contributed by atoms with Gasteiger partial charge in [-0.15, -0.1) is 0 Å². The number of methoxy groups -OCH3 is 1. The molecule has 1 fully saturated rings. The second-order valence-corrected chi connectivity index (χ2v) is 7.49. The maximum Gasteiger partial charge on any atom is 0.255 e. The van der Waals surface area contributed by atoms with Gasteiger partial charge < -0.3 is 19.7 Å². The van der Waals surface area contributed by atoms with Gasteiger partial charge in [0, 0.05) is 13.1 Å². The Kier molecular flexibility index (Phi) is 7.78. The zero-order chi connectivity index (χ0) is 19.1. The summed E-state index contributed by atoms with van der Waals surface area (Å²) in [6, 6.07) is 6.46. The van der Waals surface area contributed by atoms with E-state index in [4.69, 9.17) is 9.47 Å². The molecule has 2 amide bonds. The summed E-state index contributed by atoms with van der Waals surface area (Å²) in [5.41, 5.74) is 0.431. The summed E-state index contributed by atoms with van der Waals surface area (Å²) in [6.45, 7) is 5.01. The SMILES string of the molecule is COc1ccccc1C(=O)NC(CCSC)C(=O)N1CC(C)OC(C)C1. The van der Waals surface area contributed by atoms with Gasteiger partial charge in [-0.05, 0) is 44.4 Å². The first-order valence-electron chi connectivity index (χ1n) is 8.83. The van der Waals surface area contributed by atoms with Crippen LogP contribution in [0.15, 0.2) is 24.3 Å². The van der Waals surface area contributed by atoms with Crippen molar-refractivity contribution in [2.75, 3.05) is 32.2 Å². The lowest BCUT2D eigenvalue weighted by Gasteiger charge is -2.37. The molecule has 0 spiro atoms. The van der Waals surface area contributed by atoms with Gasteiger partial charge in [0.25, 0.3) is 5.91 Å². The van der Waals surface area contributed by atoms with E-state index in [0.29, 0.717) is 30.8 Å². The molecule has 1 heterocycles. The number of amides is 2. The molecule has 7 heteroatoms. The van der Waals surface area contributed by atoms with Gasteiger partial charge in [0.15, 0.2) is 0 Å². The number of carbonyl (C=O) groups is 2. The standard InChI is InChI=1S/C19H28N2O4S/c1-13-11-21(12-14(2)25-13)19(23)16(9-10-26-4)20-18(22)15-7-5-6-8-17(15)24-3/h5-8,13-14,16H,9-12H2,1-4H3,(H,20,22). The third-order valence-electron chi connectivity index (χ3n) is 4.30. The van der Waals surface area contributed by atoms with Gasteiger partial charge in [-0.3, -0.25) is 9.59 Å². The van der Waals surface area contributed by atoms with E-state index in [2.05, 4.69) is 5.32 Å². The topological polar surface area (TPSA) is 67.9 Å². The summed E-state index contributed by atoms with van der Waals surface area (Å²) in [5, 5.41) is 2.91. The molecule has 26 heavy (non-hydrogen) atoms. The molecule has 3 unspecified atom stereocenters. The molecule has 0 bridgehead atoms. The predicted molar refractivity (Wildman–Crippen MR) is 104 cm³/mol. The van der Waals surface area contributed by atoms with Crippen molar-refractivity contribution in [3.63, 3.8) is 0 Å². The van der Waals surface area contributed by atoms with Crippen LogP contribution in [0.1, 0.15) is 30.6 Å². The number of nitrogens with one attached hydrogen (secondary N) is 1. The minimum atomic E-state index is -0.558. The average molecular weight is 381 g/mol. The van der Waals surface area contributed by atoms with E-state index in [1.165, 1.54) is 7.11 Å². The Hall–Kier alpha value is -1.73. The third-order valence-corrected chi connectivity index (χ3v) is 4.94. The van der Waals surface area contributed by atoms with Crippen molar-refractivity contribution in [1.29, 1.82) is 0 Å². The summed E-state index contributed by atoms with van der Waals surface area (Å²) >= 11 is 1.65. The highest BCUT2D eigenvalue weighted by Crippen LogP contribution is 2.18. The van der Waals surface area contributed by atoms with Gasteiger partial charge in [-0.1, -0.05) is 12.1 Å². The number of hydrogen-bond donors (Lipinski definition) is 1. The van der Waals surface area contributed by atoms with E-state index in [0.717, 1.165) is 5.75 Å². The van der Waals surface area contributed by atoms with Gasteiger partial charge in [0.05, 0.1) is 24.9 Å². The Morgan fingerprint density at radius 3 is 2.58 bits per heavy atom. The second-order valence-electron chi connectivity index (χ2n) is 6.51. The summed E-state index contributed by atoms with van der Waals surface area (Å²) in [5.74, 6) is 0.938. The molecular formula is C19H28N2O4S. The maximum absolute atomic E-state index is 13.0. The summed E-state index contributed by atoms with van der Waals surface area (Å²) in [7, 11) is 1.53. The summed E-state index contributed by atoms with van der Waals surface area (Å²) in [4.78, 5) is 27.6. The van der Waals surface area contributed by atoms with Crippen molar-refractivity contribution < 1.29 is 19.1 Å². The number of para-hydroxylation sites is 1. The van der Waals surface area contributed by atoms with Crippen molar-refractivity contribution in [3.05, 3.63) is 29.8 Å². The maximum atomic E-state index is 13.0. The molecule has 2 rings (SSSR count). The van der Waals surface area contributed by atoms with Crippen LogP contribution in [0.5, 0.6) is 5.75 Å². The van der Waals surface area contributed by atoms with Crippen molar-refractivity contribution in [1.82, 2.24) is 10.2 Å². The van der Waals surface area contributed by atoms with Crippen LogP contribution in [0.4, 0.5) is 0 Å². The summed E-state index contributed by atoms with van der Waals surface area (Å²) in [6.07, 6.45) is 2.56. The number of thioether (sulfide) groups is 1. The molecule has 1 aliphatic heterocycles. The van der Waals surface area contributed by atoms with Crippen LogP contribution >= 0.6 is 11.8 Å². The first kappa shape index (κ1) is 20.6. The van der Waals surface area contributed by atoms with Crippen LogP contribution in [-0.4, -0.2) is 67.2 Å². The average Bonchev–Trinajstić information content (AvgIpc) is 2.63. The third kappa shape index (κ3) is 5.38. The van der Waals surface area contributed by atoms with Gasteiger partial charge in [-0.2, -0.15) is 11.8 Å². The zero-order valence-electron chi connectivity index (χ0n) is 15.9. The summed E-state index contributed by atoms with van der Waals surface area (Å²) < 4.78 is 11.0. The number of rotatable bonds is 7. The number of nitrogens with zero attached hydrogens (tertiary/aromatic N) is 1. The van der Waals surface area contributed by atoms with E-state index in [9.17, 15) is 9.59 Å². The highest BCUT2D eigenvalue weighted by molar-refractivity contribution is 7.98. The smallest absolute Gasteiger partial charge is 0.255 e. The highest BCUT2D eigenvalue weighted by atomic mass is 32.2. The Bertz CT molecular complexity index is 615. The van der Waals surface area contributed by atoms with E-state index in [1.807, 2.05) is 26.2 Å². The lowest BCUT2D eigenvalue weighted by atomic mass is 10.1. The molecular weight excluding hydrogens is 352 g/mol. The number of ether oxygens (including phenoxy) is 2. The van der Waals surface area contributed by atoms with Crippen molar-refractivity contribution in [3.8, 4) is 5.75 Å². The fraction of sp³-hybridized carbons (Fsp3) is 0.579. The van der Waals surface area contributed by atoms with Crippen LogP contribution in [0.25, 0.3) is 0 Å². The molecule has 144 valence electrons. The number of hydrogen-bond acceptors (Lipinski definition) is 5. The minimum Gasteiger partial charge on any atom is -0.496 e. The van der Waals surface area contributed by atoms with E-state index in [-0.39, 0.29) is 24.0 Å². The van der Waals surface area contributed by atoms with Crippen molar-refractivity contribution >= 4 is 23.6 Å². The molecule has 0 saturated carbocycles. The molecule has 1 aromatic rings. The molecule has 6 nitrogen and oxygen atoms in total. The van der Waals surface area contributed by atoms with Crippen LogP contribution in [0.3, 0.4) is 0 Å². The van der Waals surface area contributed by atoms with Crippen LogP contribution in [-0.2, 0) is 9.53 Å². The van der Waals surface area contributed by atoms with Crippen LogP contribution < -0.4 is 10.1 Å². The fourth-order valence-corrected chi connectivity index (χ4v) is 3.61. The van der Waals surface area contributed by atoms with Gasteiger partial charge in [0.2, 0.25) is 5.91 Å². The lowest BCUT2D eigenvalue weighted by Crippen LogP contribution is -2.55. The van der Waals surface area contributed by atoms with Crippen molar-refractivity contribution in [2.45, 2.75) is 38.5 Å². The Balaban J connectivity index is 2.13. The molecule has 1 aromatic carbocycles. The lowest BCUT2D eigenvalue weighted by molar-refractivity contribution is -0.145. The van der Waals surface area contributed by atoms with Gasteiger partial charge in [-0.25, -0.2) is 0 Å². The molecule has 3 atom stereocenters. The van der Waals surface area contributed by atoms with Gasteiger partial charge in [0.1, 0.15) is 11.8 Å². The minimum absolute atomic E-state index is 0.00572. The molecule has 1 aliphatic rings. The van der Waals surface area contributed by atoms with E-state index >= 15 is 0 Å². The highest BCUT2D eigenvalue weighted by Gasteiger charge is 2.31. The molecule has 0 aromatic heterocycles. The van der Waals surface area contributed by atoms with Crippen molar-refractivity contribution in [2.24, 2.45) is 0 Å². The quantitative estimate of drug-likeness (QED) is 0.785. The van der Waals surface area contributed by atoms with Crippen LogP contribution in [0.2, 0.25) is 0 Å². The van der Waals surface area contributed by atoms with Gasteiger partial charge >= 0.3 is 0 Å². The first-order chi connectivity index (χ1) is 12.5. The molecule has 1 N–H and O–H groups in total. The Morgan fingerprint density at radius 2 is 1.96 bits per heavy atom. The molecule has 0 radical (unpaired) electrons. The normalized spacial score (nSPS) is 21.2. The van der Waals surface area contributed by atoms with E-state index in [1.54, 1.807) is 34.9 Å². The van der Waals surface area contributed by atoms with E-state index < -0.39 is 6.04 Å². The molecule has 1 saturated heterocycles. The molecule has 0 aliphatic carbocycles. The zero-order valence-corrected chi connectivity index (χ0v) is 16.7. The first-order valence-corrected chi connectivity index (χ1v) is 10.2. The number of carbonyl (C=O) groups excluding carboxylic acids is 2. The Morgan fingerprint density at radius 1 is 1.31 bits per heavy atom. The second kappa shape index (κ2) is 9.83. The fourth-order valence-electron chi connectivity index (χ4n) is 3.14. The van der Waals surface area contributed by atoms with Crippen LogP contribution in [0, 0.1) is 0 Å². The Labute approximate surface area is 159 Å².